The van der Waals surface area contributed by atoms with Gasteiger partial charge in [0.2, 0.25) is 0 Å². The fourth-order valence-corrected chi connectivity index (χ4v) is 2.36. The van der Waals surface area contributed by atoms with Gasteiger partial charge in [-0.3, -0.25) is 0 Å². The minimum atomic E-state index is -1.07. The minimum absolute atomic E-state index is 0.0110. The van der Waals surface area contributed by atoms with E-state index in [9.17, 15) is 13.9 Å². The van der Waals surface area contributed by atoms with Crippen molar-refractivity contribution in [3.63, 3.8) is 0 Å². The number of hydrogen-bond donors (Lipinski definition) is 1. The van der Waals surface area contributed by atoms with Crippen molar-refractivity contribution in [1.82, 2.24) is 0 Å². The lowest BCUT2D eigenvalue weighted by molar-refractivity contribution is 0.172. The average molecular weight is 327 g/mol. The number of halogens is 3. The Morgan fingerprint density at radius 2 is 1.89 bits per heavy atom. The number of aryl methyl sites for hydroxylation is 1. The summed E-state index contributed by atoms with van der Waals surface area (Å²) < 4.78 is 28.1. The molecule has 1 atom stereocenters. The lowest BCUT2D eigenvalue weighted by Gasteiger charge is -2.13. The number of benzene rings is 2. The molecule has 1 unspecified atom stereocenters. The molecule has 0 saturated heterocycles. The molecule has 0 heterocycles. The summed E-state index contributed by atoms with van der Waals surface area (Å²) in [5.74, 6) is -1.87. The van der Waals surface area contributed by atoms with Crippen LogP contribution in [0.5, 0.6) is 0 Å². The average Bonchev–Trinajstić information content (AvgIpc) is 2.36. The Morgan fingerprint density at radius 1 is 1.16 bits per heavy atom. The van der Waals surface area contributed by atoms with E-state index in [0.717, 1.165) is 10.0 Å². The third-order valence-electron chi connectivity index (χ3n) is 2.98. The quantitative estimate of drug-likeness (QED) is 0.891. The molecule has 0 aromatic heterocycles. The second-order valence-corrected chi connectivity index (χ2v) is 5.37. The van der Waals surface area contributed by atoms with Gasteiger partial charge in [-0.2, -0.15) is 0 Å². The predicted molar refractivity (Wildman–Crippen MR) is 73.9 cm³/mol. The topological polar surface area (TPSA) is 20.2 Å². The second-order valence-electron chi connectivity index (χ2n) is 4.45. The van der Waals surface area contributed by atoms with E-state index < -0.39 is 17.7 Å². The molecule has 0 amide bonds. The van der Waals surface area contributed by atoms with E-state index in [1.807, 2.05) is 24.3 Å². The minimum Gasteiger partial charge on any atom is -0.388 e. The first kappa shape index (κ1) is 14.2. The Kier molecular flexibility index (Phi) is 4.32. The summed E-state index contributed by atoms with van der Waals surface area (Å²) >= 11 is 3.33. The van der Waals surface area contributed by atoms with Gasteiger partial charge in [0.25, 0.3) is 0 Å². The molecule has 0 aliphatic rings. The Hall–Kier alpha value is -1.26. The molecular weight excluding hydrogens is 314 g/mol. The molecule has 2 rings (SSSR count). The third kappa shape index (κ3) is 3.19. The summed E-state index contributed by atoms with van der Waals surface area (Å²) in [6, 6.07) is 10.3. The van der Waals surface area contributed by atoms with Crippen LogP contribution in [0.1, 0.15) is 22.8 Å². The van der Waals surface area contributed by atoms with E-state index in [-0.39, 0.29) is 17.5 Å². The first-order chi connectivity index (χ1) is 8.99. The lowest BCUT2D eigenvalue weighted by atomic mass is 9.99. The molecule has 1 nitrogen and oxygen atoms in total. The van der Waals surface area contributed by atoms with Crippen LogP contribution in [0.4, 0.5) is 8.78 Å². The zero-order valence-electron chi connectivity index (χ0n) is 10.3. The third-order valence-corrected chi connectivity index (χ3v) is 3.48. The maximum absolute atomic E-state index is 13.8. The fourth-order valence-electron chi connectivity index (χ4n) is 1.92. The van der Waals surface area contributed by atoms with E-state index in [0.29, 0.717) is 0 Å². The molecule has 0 radical (unpaired) electrons. The summed E-state index contributed by atoms with van der Waals surface area (Å²) in [5, 5.41) is 10.0. The van der Waals surface area contributed by atoms with E-state index >= 15 is 0 Å². The van der Waals surface area contributed by atoms with Crippen LogP contribution in [0.15, 0.2) is 40.9 Å². The SMILES string of the molecule is Cc1ccc(C(O)Cc2cccc(Br)c2)c(F)c1F. The maximum atomic E-state index is 13.8. The number of aliphatic hydroxyl groups is 1. The van der Waals surface area contributed by atoms with Gasteiger partial charge in [-0.15, -0.1) is 0 Å². The van der Waals surface area contributed by atoms with Crippen molar-refractivity contribution < 1.29 is 13.9 Å². The van der Waals surface area contributed by atoms with Gasteiger partial charge >= 0.3 is 0 Å². The highest BCUT2D eigenvalue weighted by atomic mass is 79.9. The Morgan fingerprint density at radius 3 is 2.58 bits per heavy atom. The van der Waals surface area contributed by atoms with Gasteiger partial charge < -0.3 is 5.11 Å². The highest BCUT2D eigenvalue weighted by molar-refractivity contribution is 9.10. The van der Waals surface area contributed by atoms with Gasteiger partial charge in [-0.1, -0.05) is 40.2 Å². The molecule has 0 bridgehead atoms. The molecule has 2 aromatic carbocycles. The molecule has 4 heteroatoms. The lowest BCUT2D eigenvalue weighted by Crippen LogP contribution is -2.06. The summed E-state index contributed by atoms with van der Waals surface area (Å²) in [7, 11) is 0. The van der Waals surface area contributed by atoms with Crippen molar-refractivity contribution in [2.24, 2.45) is 0 Å². The smallest absolute Gasteiger partial charge is 0.164 e. The summed E-state index contributed by atoms with van der Waals surface area (Å²) in [5.41, 5.74) is 1.07. The van der Waals surface area contributed by atoms with E-state index in [2.05, 4.69) is 15.9 Å². The van der Waals surface area contributed by atoms with Crippen molar-refractivity contribution in [2.75, 3.05) is 0 Å². The van der Waals surface area contributed by atoms with Gasteiger partial charge in [0.15, 0.2) is 11.6 Å². The molecule has 2 aromatic rings. The maximum Gasteiger partial charge on any atom is 0.164 e. The van der Waals surface area contributed by atoms with Crippen LogP contribution in [0.25, 0.3) is 0 Å². The van der Waals surface area contributed by atoms with Crippen molar-refractivity contribution in [2.45, 2.75) is 19.4 Å². The van der Waals surface area contributed by atoms with Crippen LogP contribution >= 0.6 is 15.9 Å². The monoisotopic (exact) mass is 326 g/mol. The molecule has 19 heavy (non-hydrogen) atoms. The molecule has 1 N–H and O–H groups in total. The molecule has 0 spiro atoms. The predicted octanol–water partition coefficient (Wildman–Crippen LogP) is 4.31. The van der Waals surface area contributed by atoms with Crippen LogP contribution in [0.3, 0.4) is 0 Å². The number of hydrogen-bond acceptors (Lipinski definition) is 1. The van der Waals surface area contributed by atoms with Crippen molar-refractivity contribution in [3.8, 4) is 0 Å². The first-order valence-corrected chi connectivity index (χ1v) is 6.65. The van der Waals surface area contributed by atoms with Gasteiger partial charge in [0.1, 0.15) is 0 Å². The number of rotatable bonds is 3. The summed E-state index contributed by atoms with van der Waals surface area (Å²) in [6.07, 6.45) is -0.830. The van der Waals surface area contributed by atoms with Gasteiger partial charge in [0.05, 0.1) is 6.10 Å². The zero-order chi connectivity index (χ0) is 14.0. The Balaban J connectivity index is 2.25. The zero-order valence-corrected chi connectivity index (χ0v) is 11.9. The molecule has 100 valence electrons. The Bertz CT molecular complexity index is 599. The van der Waals surface area contributed by atoms with Gasteiger partial charge in [0, 0.05) is 16.5 Å². The van der Waals surface area contributed by atoms with E-state index in [1.54, 1.807) is 0 Å². The van der Waals surface area contributed by atoms with Crippen LogP contribution in [-0.2, 0) is 6.42 Å². The largest absolute Gasteiger partial charge is 0.388 e. The molecule has 0 aliphatic heterocycles. The van der Waals surface area contributed by atoms with Crippen LogP contribution < -0.4 is 0 Å². The molecule has 0 saturated carbocycles. The van der Waals surface area contributed by atoms with Crippen molar-refractivity contribution in [1.29, 1.82) is 0 Å². The normalized spacial score (nSPS) is 12.5. The second kappa shape index (κ2) is 5.80. The summed E-state index contributed by atoms with van der Waals surface area (Å²) in [4.78, 5) is 0. The van der Waals surface area contributed by atoms with Gasteiger partial charge in [-0.25, -0.2) is 8.78 Å². The fraction of sp³-hybridized carbons (Fsp3) is 0.200. The van der Waals surface area contributed by atoms with E-state index in [1.165, 1.54) is 19.1 Å². The van der Waals surface area contributed by atoms with Crippen LogP contribution in [0, 0.1) is 18.6 Å². The van der Waals surface area contributed by atoms with Crippen LogP contribution in [0.2, 0.25) is 0 Å². The molecule has 0 fully saturated rings. The highest BCUT2D eigenvalue weighted by Gasteiger charge is 2.18. The van der Waals surface area contributed by atoms with Gasteiger partial charge in [-0.05, 0) is 30.2 Å². The molecular formula is C15H13BrF2O. The highest BCUT2D eigenvalue weighted by Crippen LogP contribution is 2.25. The Labute approximate surface area is 119 Å². The van der Waals surface area contributed by atoms with Crippen LogP contribution in [-0.4, -0.2) is 5.11 Å². The van der Waals surface area contributed by atoms with E-state index in [4.69, 9.17) is 0 Å². The van der Waals surface area contributed by atoms with Crippen molar-refractivity contribution in [3.05, 3.63) is 69.2 Å². The number of aliphatic hydroxyl groups excluding tert-OH is 1. The molecule has 0 aliphatic carbocycles. The summed E-state index contributed by atoms with van der Waals surface area (Å²) in [6.45, 7) is 1.49. The van der Waals surface area contributed by atoms with Crippen molar-refractivity contribution >= 4 is 15.9 Å². The first-order valence-electron chi connectivity index (χ1n) is 5.86. The standard InChI is InChI=1S/C15H13BrF2O/c1-9-5-6-12(15(18)14(9)17)13(19)8-10-3-2-4-11(16)7-10/h2-7,13,19H,8H2,1H3.